The van der Waals surface area contributed by atoms with Gasteiger partial charge in [-0.2, -0.15) is 0 Å². The fourth-order valence-corrected chi connectivity index (χ4v) is 2.90. The highest BCUT2D eigenvalue weighted by Crippen LogP contribution is 2.31. The van der Waals surface area contributed by atoms with Gasteiger partial charge in [-0.15, -0.1) is 0 Å². The molecule has 0 bridgehead atoms. The molecule has 120 valence electrons. The third-order valence-corrected chi connectivity index (χ3v) is 4.11. The van der Waals surface area contributed by atoms with Gasteiger partial charge in [0.15, 0.2) is 0 Å². The number of halogens is 1. The first-order valence-electron chi connectivity index (χ1n) is 7.75. The number of fused-ring (bicyclic) bond motifs is 1. The van der Waals surface area contributed by atoms with Crippen LogP contribution in [0.1, 0.15) is 24.4 Å². The van der Waals surface area contributed by atoms with E-state index >= 15 is 0 Å². The number of ether oxygens (including phenoxy) is 2. The van der Waals surface area contributed by atoms with Gasteiger partial charge in [-0.25, -0.2) is 4.39 Å². The van der Waals surface area contributed by atoms with Crippen LogP contribution in [0.3, 0.4) is 0 Å². The summed E-state index contributed by atoms with van der Waals surface area (Å²) in [4.78, 5) is 14.0. The molecule has 1 saturated heterocycles. The summed E-state index contributed by atoms with van der Waals surface area (Å²) in [7, 11) is 0. The molecule has 22 heavy (non-hydrogen) atoms. The lowest BCUT2D eigenvalue weighted by Crippen LogP contribution is -2.45. The number of amides is 1. The quantitative estimate of drug-likeness (QED) is 0.919. The Hall–Kier alpha value is -1.66. The Bertz CT molecular complexity index is 532. The van der Waals surface area contributed by atoms with Gasteiger partial charge in [-0.05, 0) is 31.0 Å². The highest BCUT2D eigenvalue weighted by molar-refractivity contribution is 5.78. The molecule has 3 rings (SSSR count). The van der Waals surface area contributed by atoms with Crippen LogP contribution in [0.15, 0.2) is 18.2 Å². The van der Waals surface area contributed by atoms with E-state index in [4.69, 9.17) is 9.47 Å². The Morgan fingerprint density at radius 2 is 2.14 bits per heavy atom. The molecule has 0 radical (unpaired) electrons. The largest absolute Gasteiger partial charge is 0.493 e. The van der Waals surface area contributed by atoms with E-state index < -0.39 is 0 Å². The molecule has 1 atom stereocenters. The minimum absolute atomic E-state index is 0.0572. The molecule has 0 aliphatic carbocycles. The van der Waals surface area contributed by atoms with Gasteiger partial charge in [0.25, 0.3) is 0 Å². The van der Waals surface area contributed by atoms with Crippen molar-refractivity contribution in [2.45, 2.75) is 18.9 Å². The average molecular weight is 308 g/mol. The number of rotatable bonds is 3. The molecular weight excluding hydrogens is 287 g/mol. The molecule has 5 nitrogen and oxygen atoms in total. The Morgan fingerprint density at radius 3 is 2.95 bits per heavy atom. The first kappa shape index (κ1) is 15.2. The Labute approximate surface area is 129 Å². The van der Waals surface area contributed by atoms with Gasteiger partial charge in [-0.1, -0.05) is 0 Å². The minimum atomic E-state index is -0.282. The summed E-state index contributed by atoms with van der Waals surface area (Å²) in [6.07, 6.45) is 1.70. The summed E-state index contributed by atoms with van der Waals surface area (Å²) in [6.45, 7) is 3.34. The van der Waals surface area contributed by atoms with Crippen molar-refractivity contribution < 1.29 is 18.7 Å². The van der Waals surface area contributed by atoms with Crippen molar-refractivity contribution >= 4 is 5.91 Å². The van der Waals surface area contributed by atoms with Crippen LogP contribution >= 0.6 is 0 Å². The van der Waals surface area contributed by atoms with Crippen molar-refractivity contribution in [2.24, 2.45) is 0 Å². The second-order valence-electron chi connectivity index (χ2n) is 5.60. The van der Waals surface area contributed by atoms with Crippen LogP contribution in [0, 0.1) is 5.82 Å². The van der Waals surface area contributed by atoms with Gasteiger partial charge in [-0.3, -0.25) is 4.79 Å². The lowest BCUT2D eigenvalue weighted by atomic mass is 10.0. The third kappa shape index (κ3) is 3.56. The summed E-state index contributed by atoms with van der Waals surface area (Å²) in [6, 6.07) is 4.50. The number of carbonyl (C=O) groups is 1. The lowest BCUT2D eigenvalue weighted by molar-refractivity contribution is -0.134. The van der Waals surface area contributed by atoms with Gasteiger partial charge < -0.3 is 19.7 Å². The molecule has 2 heterocycles. The molecule has 0 unspecified atom stereocenters. The van der Waals surface area contributed by atoms with E-state index in [-0.39, 0.29) is 24.3 Å². The maximum absolute atomic E-state index is 13.5. The number of hydrogen-bond acceptors (Lipinski definition) is 4. The molecule has 1 N–H and O–H groups in total. The third-order valence-electron chi connectivity index (χ3n) is 4.11. The van der Waals surface area contributed by atoms with Crippen LogP contribution in [0.5, 0.6) is 5.75 Å². The fourth-order valence-electron chi connectivity index (χ4n) is 2.90. The summed E-state index contributed by atoms with van der Waals surface area (Å²) < 4.78 is 24.4. The molecular formula is C16H21FN2O3. The zero-order valence-corrected chi connectivity index (χ0v) is 12.5. The van der Waals surface area contributed by atoms with E-state index in [1.165, 1.54) is 12.1 Å². The molecule has 6 heteroatoms. The van der Waals surface area contributed by atoms with E-state index in [9.17, 15) is 9.18 Å². The van der Waals surface area contributed by atoms with Gasteiger partial charge >= 0.3 is 0 Å². The summed E-state index contributed by atoms with van der Waals surface area (Å²) in [5.41, 5.74) is 0.798. The average Bonchev–Trinajstić information content (AvgIpc) is 2.75. The Morgan fingerprint density at radius 1 is 1.32 bits per heavy atom. The molecule has 0 saturated carbocycles. The predicted molar refractivity (Wildman–Crippen MR) is 79.3 cm³/mol. The maximum Gasteiger partial charge on any atom is 0.236 e. The highest BCUT2D eigenvalue weighted by Gasteiger charge is 2.22. The number of carbonyl (C=O) groups excluding carboxylic acids is 1. The van der Waals surface area contributed by atoms with Crippen molar-refractivity contribution in [1.29, 1.82) is 0 Å². The normalized spacial score (nSPS) is 21.7. The van der Waals surface area contributed by atoms with E-state index in [1.807, 2.05) is 0 Å². The van der Waals surface area contributed by atoms with Crippen LogP contribution < -0.4 is 10.1 Å². The first-order valence-corrected chi connectivity index (χ1v) is 7.75. The van der Waals surface area contributed by atoms with E-state index in [0.29, 0.717) is 38.7 Å². The van der Waals surface area contributed by atoms with E-state index in [2.05, 4.69) is 5.32 Å². The van der Waals surface area contributed by atoms with Crippen molar-refractivity contribution in [3.8, 4) is 5.75 Å². The zero-order valence-electron chi connectivity index (χ0n) is 12.5. The lowest BCUT2D eigenvalue weighted by Gasteiger charge is -2.28. The zero-order chi connectivity index (χ0) is 15.4. The van der Waals surface area contributed by atoms with Gasteiger partial charge in [0, 0.05) is 24.7 Å². The van der Waals surface area contributed by atoms with Crippen molar-refractivity contribution in [3.05, 3.63) is 29.6 Å². The minimum Gasteiger partial charge on any atom is -0.493 e. The number of hydrogen-bond donors (Lipinski definition) is 1. The summed E-state index contributed by atoms with van der Waals surface area (Å²) >= 11 is 0. The summed E-state index contributed by atoms with van der Waals surface area (Å²) in [5.74, 6) is 0.484. The maximum atomic E-state index is 13.5. The number of nitrogens with one attached hydrogen (secondary N) is 1. The number of morpholine rings is 1. The van der Waals surface area contributed by atoms with Crippen LogP contribution in [0.4, 0.5) is 4.39 Å². The smallest absolute Gasteiger partial charge is 0.236 e. The topological polar surface area (TPSA) is 50.8 Å². The molecule has 1 aromatic carbocycles. The molecule has 2 aliphatic heterocycles. The second-order valence-corrected chi connectivity index (χ2v) is 5.60. The molecule has 1 aromatic rings. The number of nitrogens with zero attached hydrogens (tertiary/aromatic N) is 1. The highest BCUT2D eigenvalue weighted by atomic mass is 19.1. The van der Waals surface area contributed by atoms with Gasteiger partial charge in [0.05, 0.1) is 26.4 Å². The standard InChI is InChI=1S/C16H21FN2O3/c17-12-3-4-15-13(10-12)14(2-1-7-22-15)18-11-16(20)19-5-8-21-9-6-19/h3-4,10,14,18H,1-2,5-9,11H2/t14-/m1/s1. The number of benzene rings is 1. The Balaban J connectivity index is 1.64. The Kier molecular flexibility index (Phi) is 4.90. The molecule has 0 aromatic heterocycles. The van der Waals surface area contributed by atoms with Crippen molar-refractivity contribution in [1.82, 2.24) is 10.2 Å². The van der Waals surface area contributed by atoms with Gasteiger partial charge in [0.1, 0.15) is 11.6 Å². The van der Waals surface area contributed by atoms with Crippen molar-refractivity contribution in [3.63, 3.8) is 0 Å². The first-order chi connectivity index (χ1) is 10.7. The molecule has 1 amide bonds. The second kappa shape index (κ2) is 7.07. The summed E-state index contributed by atoms with van der Waals surface area (Å²) in [5, 5.41) is 3.26. The monoisotopic (exact) mass is 308 g/mol. The van der Waals surface area contributed by atoms with Crippen molar-refractivity contribution in [2.75, 3.05) is 39.5 Å². The van der Waals surface area contributed by atoms with Gasteiger partial charge in [0.2, 0.25) is 5.91 Å². The van der Waals surface area contributed by atoms with Crippen LogP contribution in [0.2, 0.25) is 0 Å². The molecule has 0 spiro atoms. The van der Waals surface area contributed by atoms with Crippen LogP contribution in [-0.4, -0.2) is 50.3 Å². The molecule has 2 aliphatic rings. The van der Waals surface area contributed by atoms with Crippen LogP contribution in [0.25, 0.3) is 0 Å². The van der Waals surface area contributed by atoms with E-state index in [0.717, 1.165) is 18.4 Å². The fraction of sp³-hybridized carbons (Fsp3) is 0.562. The molecule has 1 fully saturated rings. The van der Waals surface area contributed by atoms with E-state index in [1.54, 1.807) is 11.0 Å². The SMILES string of the molecule is O=C(CN[C@@H]1CCCOc2ccc(F)cc21)N1CCOCC1. The van der Waals surface area contributed by atoms with Crippen LogP contribution in [-0.2, 0) is 9.53 Å². The predicted octanol–water partition coefficient (Wildman–Crippen LogP) is 1.49.